The highest BCUT2D eigenvalue weighted by molar-refractivity contribution is 6.35. The zero-order chi connectivity index (χ0) is 19.5. The third kappa shape index (κ3) is 4.39. The largest absolute Gasteiger partial charge is 0.378 e. The number of aromatic nitrogens is 3. The molecule has 0 bridgehead atoms. The summed E-state index contributed by atoms with van der Waals surface area (Å²) in [6.45, 7) is 2.04. The zero-order valence-corrected chi connectivity index (χ0v) is 16.8. The van der Waals surface area contributed by atoms with Crippen LogP contribution in [0.1, 0.15) is 19.3 Å². The van der Waals surface area contributed by atoms with E-state index in [1.165, 1.54) is 0 Å². The average molecular weight is 418 g/mol. The smallest absolute Gasteiger partial charge is 0.152 e. The zero-order valence-electron chi connectivity index (χ0n) is 15.3. The molecule has 8 heteroatoms. The molecule has 2 N–H and O–H groups in total. The van der Waals surface area contributed by atoms with Gasteiger partial charge in [-0.15, -0.1) is 0 Å². The second kappa shape index (κ2) is 8.37. The van der Waals surface area contributed by atoms with Gasteiger partial charge in [0.05, 0.1) is 11.9 Å². The Bertz CT molecular complexity index is 969. The molecule has 0 saturated carbocycles. The number of hydrogen-bond donors (Lipinski definition) is 2. The van der Waals surface area contributed by atoms with E-state index in [1.54, 1.807) is 24.5 Å². The van der Waals surface area contributed by atoms with E-state index in [4.69, 9.17) is 23.2 Å². The maximum absolute atomic E-state index is 12.5. The first kappa shape index (κ1) is 19.0. The molecule has 146 valence electrons. The summed E-state index contributed by atoms with van der Waals surface area (Å²) in [5, 5.41) is 5.24. The first-order valence-corrected chi connectivity index (χ1v) is 10.1. The van der Waals surface area contributed by atoms with Crippen LogP contribution in [0.5, 0.6) is 0 Å². The van der Waals surface area contributed by atoms with Crippen molar-refractivity contribution < 1.29 is 4.79 Å². The Labute approximate surface area is 173 Å². The number of ketones is 1. The summed E-state index contributed by atoms with van der Waals surface area (Å²) in [6, 6.07) is 7.20. The second-order valence-corrected chi connectivity index (χ2v) is 8.02. The molecular formula is C20H21Cl2N5O. The normalized spacial score (nSPS) is 17.1. The molecule has 1 fully saturated rings. The lowest BCUT2D eigenvalue weighted by atomic mass is 9.92. The number of rotatable bonds is 6. The number of H-pyrrole nitrogens is 1. The maximum Gasteiger partial charge on any atom is 0.152 e. The number of Topliss-reactive ketones (excluding diaryl/α,β-unsaturated/α-hetero) is 1. The molecule has 1 unspecified atom stereocenters. The van der Waals surface area contributed by atoms with Crippen LogP contribution in [0.25, 0.3) is 11.0 Å². The van der Waals surface area contributed by atoms with Crippen molar-refractivity contribution in [3.63, 3.8) is 0 Å². The Morgan fingerprint density at radius 1 is 1.25 bits per heavy atom. The first-order chi connectivity index (χ1) is 13.6. The van der Waals surface area contributed by atoms with E-state index in [1.807, 2.05) is 12.3 Å². The third-order valence-corrected chi connectivity index (χ3v) is 5.46. The lowest BCUT2D eigenvalue weighted by molar-refractivity contribution is -0.118. The van der Waals surface area contributed by atoms with Crippen LogP contribution in [-0.4, -0.2) is 40.4 Å². The lowest BCUT2D eigenvalue weighted by Crippen LogP contribution is -2.37. The molecule has 1 aliphatic rings. The van der Waals surface area contributed by atoms with Gasteiger partial charge in [0.15, 0.2) is 5.78 Å². The van der Waals surface area contributed by atoms with Gasteiger partial charge in [0.25, 0.3) is 0 Å². The Kier molecular flexibility index (Phi) is 5.69. The van der Waals surface area contributed by atoms with Crippen molar-refractivity contribution in [2.75, 3.05) is 29.9 Å². The van der Waals surface area contributed by atoms with Gasteiger partial charge in [-0.2, -0.15) is 0 Å². The van der Waals surface area contributed by atoms with Crippen LogP contribution in [0.2, 0.25) is 10.0 Å². The molecule has 1 aromatic carbocycles. The molecule has 6 nitrogen and oxygen atoms in total. The van der Waals surface area contributed by atoms with E-state index < -0.39 is 0 Å². The summed E-state index contributed by atoms with van der Waals surface area (Å²) >= 11 is 12.0. The Morgan fingerprint density at radius 3 is 2.89 bits per heavy atom. The van der Waals surface area contributed by atoms with Gasteiger partial charge >= 0.3 is 0 Å². The van der Waals surface area contributed by atoms with E-state index >= 15 is 0 Å². The van der Waals surface area contributed by atoms with Gasteiger partial charge in [-0.05, 0) is 43.0 Å². The number of benzene rings is 1. The number of halogens is 2. The van der Waals surface area contributed by atoms with Crippen molar-refractivity contribution in [2.45, 2.75) is 19.3 Å². The van der Waals surface area contributed by atoms with Crippen molar-refractivity contribution in [1.82, 2.24) is 15.0 Å². The topological polar surface area (TPSA) is 73.9 Å². The molecule has 4 rings (SSSR count). The molecule has 3 aromatic rings. The minimum absolute atomic E-state index is 0.178. The van der Waals surface area contributed by atoms with Gasteiger partial charge in [-0.3, -0.25) is 4.79 Å². The minimum Gasteiger partial charge on any atom is -0.378 e. The van der Waals surface area contributed by atoms with Gasteiger partial charge < -0.3 is 15.2 Å². The molecule has 2 aromatic heterocycles. The number of anilines is 2. The molecule has 1 aliphatic heterocycles. The highest BCUT2D eigenvalue weighted by atomic mass is 35.5. The number of hydrogen-bond acceptors (Lipinski definition) is 5. The monoisotopic (exact) mass is 417 g/mol. The van der Waals surface area contributed by atoms with Crippen LogP contribution in [-0.2, 0) is 4.79 Å². The summed E-state index contributed by atoms with van der Waals surface area (Å²) in [5.41, 5.74) is 1.60. The molecule has 0 aliphatic carbocycles. The Hall–Kier alpha value is -2.31. The van der Waals surface area contributed by atoms with E-state index in [2.05, 4.69) is 25.2 Å². The Morgan fingerprint density at radius 2 is 2.07 bits per heavy atom. The molecule has 3 heterocycles. The molecule has 1 saturated heterocycles. The van der Waals surface area contributed by atoms with Crippen LogP contribution in [0.15, 0.2) is 36.8 Å². The number of carbonyl (C=O) groups excluding carboxylic acids is 1. The SMILES string of the molecule is O=C(CNc1cc(Cl)cc(Cl)c1)CC1CCCN(c2ncnc3[nH]ccc23)C1. The van der Waals surface area contributed by atoms with E-state index in [0.29, 0.717) is 22.4 Å². The lowest BCUT2D eigenvalue weighted by Gasteiger charge is -2.33. The number of carbonyl (C=O) groups is 1. The van der Waals surface area contributed by atoms with E-state index in [0.717, 1.165) is 48.5 Å². The summed E-state index contributed by atoms with van der Waals surface area (Å²) in [7, 11) is 0. The molecule has 1 atom stereocenters. The quantitative estimate of drug-likeness (QED) is 0.614. The predicted molar refractivity (Wildman–Crippen MR) is 113 cm³/mol. The fraction of sp³-hybridized carbons (Fsp3) is 0.350. The van der Waals surface area contributed by atoms with Crippen LogP contribution < -0.4 is 10.2 Å². The van der Waals surface area contributed by atoms with Crippen molar-refractivity contribution >= 4 is 51.5 Å². The number of nitrogens with zero attached hydrogens (tertiary/aromatic N) is 3. The molecule has 0 spiro atoms. The van der Waals surface area contributed by atoms with Crippen molar-refractivity contribution in [2.24, 2.45) is 5.92 Å². The average Bonchev–Trinajstić information content (AvgIpc) is 3.15. The van der Waals surface area contributed by atoms with Gasteiger partial charge in [0.2, 0.25) is 0 Å². The molecule has 28 heavy (non-hydrogen) atoms. The summed E-state index contributed by atoms with van der Waals surface area (Å²) in [4.78, 5) is 26.6. The van der Waals surface area contributed by atoms with Crippen molar-refractivity contribution in [1.29, 1.82) is 0 Å². The second-order valence-electron chi connectivity index (χ2n) is 7.15. The number of piperidine rings is 1. The van der Waals surface area contributed by atoms with Gasteiger partial charge in [-0.1, -0.05) is 23.2 Å². The number of aromatic amines is 1. The third-order valence-electron chi connectivity index (χ3n) is 5.02. The van der Waals surface area contributed by atoms with Gasteiger partial charge in [0, 0.05) is 41.4 Å². The van der Waals surface area contributed by atoms with E-state index in [-0.39, 0.29) is 12.3 Å². The fourth-order valence-electron chi connectivity index (χ4n) is 3.79. The van der Waals surface area contributed by atoms with Crippen LogP contribution >= 0.6 is 23.2 Å². The van der Waals surface area contributed by atoms with Crippen LogP contribution in [0.4, 0.5) is 11.5 Å². The maximum atomic E-state index is 12.5. The minimum atomic E-state index is 0.178. The van der Waals surface area contributed by atoms with Crippen molar-refractivity contribution in [3.8, 4) is 0 Å². The van der Waals surface area contributed by atoms with Crippen molar-refractivity contribution in [3.05, 3.63) is 46.8 Å². The van der Waals surface area contributed by atoms with Crippen LogP contribution in [0.3, 0.4) is 0 Å². The summed E-state index contributed by atoms with van der Waals surface area (Å²) < 4.78 is 0. The fourth-order valence-corrected chi connectivity index (χ4v) is 4.31. The molecule has 0 amide bonds. The number of fused-ring (bicyclic) bond motifs is 1. The first-order valence-electron chi connectivity index (χ1n) is 9.33. The molecular weight excluding hydrogens is 397 g/mol. The predicted octanol–water partition coefficient (Wildman–Crippen LogP) is 4.55. The Balaban J connectivity index is 1.36. The summed E-state index contributed by atoms with van der Waals surface area (Å²) in [6.07, 6.45) is 6.10. The number of nitrogens with one attached hydrogen (secondary N) is 2. The van der Waals surface area contributed by atoms with Gasteiger partial charge in [0.1, 0.15) is 17.8 Å². The molecule has 0 radical (unpaired) electrons. The highest BCUT2D eigenvalue weighted by Gasteiger charge is 2.24. The van der Waals surface area contributed by atoms with Crippen LogP contribution in [0, 0.1) is 5.92 Å². The summed E-state index contributed by atoms with van der Waals surface area (Å²) in [5.74, 6) is 1.43. The standard InChI is InChI=1S/C20H21Cl2N5O/c21-14-7-15(22)9-16(8-14)24-10-17(28)6-13-2-1-5-27(11-13)20-18-3-4-23-19(18)25-12-26-20/h3-4,7-9,12-13,24H,1-2,5-6,10-11H2,(H,23,25,26). The van der Waals surface area contributed by atoms with E-state index in [9.17, 15) is 4.79 Å². The van der Waals surface area contributed by atoms with Gasteiger partial charge in [-0.25, -0.2) is 9.97 Å². The highest BCUT2D eigenvalue weighted by Crippen LogP contribution is 2.28.